The van der Waals surface area contributed by atoms with Crippen LogP contribution in [0.1, 0.15) is 11.1 Å². The van der Waals surface area contributed by atoms with Crippen LogP contribution in [0.5, 0.6) is 0 Å². The molecule has 0 radical (unpaired) electrons. The summed E-state index contributed by atoms with van der Waals surface area (Å²) in [4.78, 5) is 13.9. The second-order valence-corrected chi connectivity index (χ2v) is 5.38. The van der Waals surface area contributed by atoms with Crippen LogP contribution in [0, 0.1) is 5.82 Å². The summed E-state index contributed by atoms with van der Waals surface area (Å²) in [6, 6.07) is 12.2. The van der Waals surface area contributed by atoms with Gasteiger partial charge in [0.25, 0.3) is 0 Å². The third-order valence-electron chi connectivity index (χ3n) is 3.52. The highest BCUT2D eigenvalue weighted by molar-refractivity contribution is 6.30. The van der Waals surface area contributed by atoms with Gasteiger partial charge in [-0.1, -0.05) is 35.9 Å². The molecule has 1 heterocycles. The van der Waals surface area contributed by atoms with E-state index in [1.165, 1.54) is 6.07 Å². The molecule has 3 rings (SSSR count). The molecule has 2 aromatic rings. The summed E-state index contributed by atoms with van der Waals surface area (Å²) in [5, 5.41) is 3.43. The summed E-state index contributed by atoms with van der Waals surface area (Å²) < 4.78 is 14.0. The second kappa shape index (κ2) is 5.84. The lowest BCUT2D eigenvalue weighted by Gasteiger charge is -2.23. The SMILES string of the molecule is O=C1CNCc2ccccc2N1Cc1ccc(Cl)cc1F. The number of carbonyl (C=O) groups excluding carboxylic acids is 1. The van der Waals surface area contributed by atoms with Gasteiger partial charge in [-0.15, -0.1) is 0 Å². The molecule has 0 saturated carbocycles. The van der Waals surface area contributed by atoms with Crippen molar-refractivity contribution in [1.82, 2.24) is 5.32 Å². The van der Waals surface area contributed by atoms with Crippen molar-refractivity contribution in [2.45, 2.75) is 13.1 Å². The number of benzene rings is 2. The number of fused-ring (bicyclic) bond motifs is 1. The Morgan fingerprint density at radius 3 is 2.81 bits per heavy atom. The molecule has 1 N–H and O–H groups in total. The zero-order chi connectivity index (χ0) is 14.8. The molecule has 5 heteroatoms. The highest BCUT2D eigenvalue weighted by Crippen LogP contribution is 2.25. The first-order valence-corrected chi connectivity index (χ1v) is 7.06. The van der Waals surface area contributed by atoms with Crippen LogP contribution in [0.3, 0.4) is 0 Å². The number of halogens is 2. The predicted octanol–water partition coefficient (Wildman–Crippen LogP) is 3.12. The molecule has 0 atom stereocenters. The molecule has 0 saturated heterocycles. The number of carbonyl (C=O) groups is 1. The average Bonchev–Trinajstić information content (AvgIpc) is 2.62. The summed E-state index contributed by atoms with van der Waals surface area (Å²) in [5.41, 5.74) is 2.30. The van der Waals surface area contributed by atoms with Gasteiger partial charge in [-0.3, -0.25) is 4.79 Å². The molecule has 0 bridgehead atoms. The van der Waals surface area contributed by atoms with E-state index in [1.54, 1.807) is 17.0 Å². The lowest BCUT2D eigenvalue weighted by atomic mass is 10.1. The van der Waals surface area contributed by atoms with Crippen LogP contribution in [-0.4, -0.2) is 12.5 Å². The smallest absolute Gasteiger partial charge is 0.241 e. The fourth-order valence-electron chi connectivity index (χ4n) is 2.45. The Labute approximate surface area is 127 Å². The number of amides is 1. The number of rotatable bonds is 2. The standard InChI is InChI=1S/C16H14ClFN2O/c17-13-6-5-12(14(18)7-13)10-20-15-4-2-1-3-11(15)8-19-9-16(20)21/h1-7,19H,8-10H2. The molecule has 3 nitrogen and oxygen atoms in total. The van der Waals surface area contributed by atoms with E-state index in [9.17, 15) is 9.18 Å². The van der Waals surface area contributed by atoms with E-state index < -0.39 is 5.82 Å². The largest absolute Gasteiger partial charge is 0.306 e. The Balaban J connectivity index is 1.98. The van der Waals surface area contributed by atoms with Crippen LogP contribution >= 0.6 is 11.6 Å². The van der Waals surface area contributed by atoms with E-state index in [1.807, 2.05) is 24.3 Å². The van der Waals surface area contributed by atoms with Gasteiger partial charge in [-0.25, -0.2) is 4.39 Å². The van der Waals surface area contributed by atoms with Crippen LogP contribution in [0.25, 0.3) is 0 Å². The van der Waals surface area contributed by atoms with E-state index in [4.69, 9.17) is 11.6 Å². The monoisotopic (exact) mass is 304 g/mol. The Morgan fingerprint density at radius 1 is 1.19 bits per heavy atom. The Morgan fingerprint density at radius 2 is 2.00 bits per heavy atom. The van der Waals surface area contributed by atoms with Crippen molar-refractivity contribution < 1.29 is 9.18 Å². The summed E-state index contributed by atoms with van der Waals surface area (Å²) >= 11 is 5.77. The molecular formula is C16H14ClFN2O. The van der Waals surface area contributed by atoms with Gasteiger partial charge in [0.15, 0.2) is 0 Å². The lowest BCUT2D eigenvalue weighted by Crippen LogP contribution is -2.35. The minimum absolute atomic E-state index is 0.0747. The molecule has 1 aliphatic heterocycles. The summed E-state index contributed by atoms with van der Waals surface area (Å²) in [7, 11) is 0. The zero-order valence-corrected chi connectivity index (χ0v) is 12.0. The van der Waals surface area contributed by atoms with Crippen molar-refractivity contribution in [3.63, 3.8) is 0 Å². The first-order chi connectivity index (χ1) is 10.1. The van der Waals surface area contributed by atoms with Crippen LogP contribution < -0.4 is 10.2 Å². The fourth-order valence-corrected chi connectivity index (χ4v) is 2.61. The van der Waals surface area contributed by atoms with Gasteiger partial charge < -0.3 is 10.2 Å². The van der Waals surface area contributed by atoms with E-state index in [0.717, 1.165) is 11.3 Å². The maximum atomic E-state index is 14.0. The number of nitrogens with one attached hydrogen (secondary N) is 1. The Kier molecular flexibility index (Phi) is 3.90. The zero-order valence-electron chi connectivity index (χ0n) is 11.3. The van der Waals surface area contributed by atoms with Crippen LogP contribution in [0.4, 0.5) is 10.1 Å². The van der Waals surface area contributed by atoms with Gasteiger partial charge >= 0.3 is 0 Å². The topological polar surface area (TPSA) is 32.3 Å². The van der Waals surface area contributed by atoms with Gasteiger partial charge in [-0.05, 0) is 23.8 Å². The van der Waals surface area contributed by atoms with Crippen molar-refractivity contribution in [2.75, 3.05) is 11.4 Å². The van der Waals surface area contributed by atoms with Crippen LogP contribution in [0.15, 0.2) is 42.5 Å². The minimum Gasteiger partial charge on any atom is -0.306 e. The molecule has 0 unspecified atom stereocenters. The molecule has 108 valence electrons. The van der Waals surface area contributed by atoms with E-state index >= 15 is 0 Å². The van der Waals surface area contributed by atoms with Crippen molar-refractivity contribution in [3.05, 3.63) is 64.4 Å². The number of para-hydroxylation sites is 1. The third kappa shape index (κ3) is 2.91. The number of hydrogen-bond donors (Lipinski definition) is 1. The second-order valence-electron chi connectivity index (χ2n) is 4.95. The first-order valence-electron chi connectivity index (χ1n) is 6.68. The molecule has 2 aromatic carbocycles. The summed E-state index contributed by atoms with van der Waals surface area (Å²) in [6.07, 6.45) is 0. The van der Waals surface area contributed by atoms with Gasteiger partial charge in [0.2, 0.25) is 5.91 Å². The molecule has 21 heavy (non-hydrogen) atoms. The number of anilines is 1. The van der Waals surface area contributed by atoms with Crippen LogP contribution in [0.2, 0.25) is 5.02 Å². The molecule has 0 spiro atoms. The maximum Gasteiger partial charge on any atom is 0.241 e. The summed E-state index contributed by atoms with van der Waals surface area (Å²) in [5.74, 6) is -0.473. The molecule has 0 fully saturated rings. The summed E-state index contributed by atoms with van der Waals surface area (Å²) in [6.45, 7) is 1.06. The maximum absolute atomic E-state index is 14.0. The van der Waals surface area contributed by atoms with Gasteiger partial charge in [0.05, 0.1) is 13.1 Å². The van der Waals surface area contributed by atoms with Crippen molar-refractivity contribution in [2.24, 2.45) is 0 Å². The minimum atomic E-state index is -0.398. The predicted molar refractivity (Wildman–Crippen MR) is 80.7 cm³/mol. The number of hydrogen-bond acceptors (Lipinski definition) is 2. The highest BCUT2D eigenvalue weighted by atomic mass is 35.5. The van der Waals surface area contributed by atoms with Crippen molar-refractivity contribution >= 4 is 23.2 Å². The fraction of sp³-hybridized carbons (Fsp3) is 0.188. The molecule has 0 aliphatic carbocycles. The van der Waals surface area contributed by atoms with Crippen molar-refractivity contribution in [3.8, 4) is 0 Å². The molecule has 1 amide bonds. The third-order valence-corrected chi connectivity index (χ3v) is 3.75. The van der Waals surface area contributed by atoms with E-state index in [2.05, 4.69) is 5.32 Å². The van der Waals surface area contributed by atoms with E-state index in [-0.39, 0.29) is 19.0 Å². The number of nitrogens with zero attached hydrogens (tertiary/aromatic N) is 1. The van der Waals surface area contributed by atoms with Crippen molar-refractivity contribution in [1.29, 1.82) is 0 Å². The van der Waals surface area contributed by atoms with Gasteiger partial charge in [-0.2, -0.15) is 0 Å². The lowest BCUT2D eigenvalue weighted by molar-refractivity contribution is -0.117. The Bertz CT molecular complexity index is 690. The first kappa shape index (κ1) is 14.0. The Hall–Kier alpha value is -1.91. The highest BCUT2D eigenvalue weighted by Gasteiger charge is 2.22. The molecule has 0 aromatic heterocycles. The van der Waals surface area contributed by atoms with Gasteiger partial charge in [0, 0.05) is 22.8 Å². The van der Waals surface area contributed by atoms with E-state index in [0.29, 0.717) is 17.1 Å². The molecule has 1 aliphatic rings. The van der Waals surface area contributed by atoms with Gasteiger partial charge in [0.1, 0.15) is 5.82 Å². The van der Waals surface area contributed by atoms with Crippen LogP contribution in [-0.2, 0) is 17.9 Å². The quantitative estimate of drug-likeness (QED) is 0.924. The normalized spacial score (nSPS) is 14.8. The average molecular weight is 305 g/mol. The molecular weight excluding hydrogens is 291 g/mol.